The first-order valence-corrected chi connectivity index (χ1v) is 5.79. The molecular formula is C14H15NO. The minimum absolute atomic E-state index is 0.315. The van der Waals surface area contributed by atoms with E-state index in [1.165, 1.54) is 16.8 Å². The Hall–Kier alpha value is -1.57. The summed E-state index contributed by atoms with van der Waals surface area (Å²) in [4.78, 5) is 12.0. The predicted octanol–water partition coefficient (Wildman–Crippen LogP) is 3.01. The van der Waals surface area contributed by atoms with Crippen molar-refractivity contribution in [2.45, 2.75) is 26.2 Å². The number of aryl methyl sites for hydroxylation is 2. The number of rotatable bonds is 0. The molecule has 0 atom stereocenters. The van der Waals surface area contributed by atoms with Gasteiger partial charge >= 0.3 is 0 Å². The summed E-state index contributed by atoms with van der Waals surface area (Å²) in [6.45, 7) is 2.09. The molecular weight excluding hydrogens is 198 g/mol. The highest BCUT2D eigenvalue weighted by atomic mass is 16.1. The van der Waals surface area contributed by atoms with Crippen LogP contribution in [0.4, 0.5) is 0 Å². The molecule has 0 aliphatic heterocycles. The van der Waals surface area contributed by atoms with Gasteiger partial charge in [0.2, 0.25) is 0 Å². The van der Waals surface area contributed by atoms with Gasteiger partial charge in [0.15, 0.2) is 5.78 Å². The minimum Gasteiger partial charge on any atom is -0.347 e. The second-order valence-electron chi connectivity index (χ2n) is 4.68. The summed E-state index contributed by atoms with van der Waals surface area (Å²) < 4.78 is 2.19. The molecule has 0 amide bonds. The maximum absolute atomic E-state index is 12.0. The number of hydrogen-bond acceptors (Lipinski definition) is 1. The third-order valence-corrected chi connectivity index (χ3v) is 3.57. The van der Waals surface area contributed by atoms with Crippen LogP contribution in [0.2, 0.25) is 0 Å². The van der Waals surface area contributed by atoms with Crippen molar-refractivity contribution in [3.8, 4) is 0 Å². The highest BCUT2D eigenvalue weighted by molar-refractivity contribution is 6.10. The van der Waals surface area contributed by atoms with E-state index < -0.39 is 0 Å². The van der Waals surface area contributed by atoms with Crippen LogP contribution in [-0.4, -0.2) is 10.4 Å². The van der Waals surface area contributed by atoms with Gasteiger partial charge in [0.05, 0.1) is 0 Å². The SMILES string of the molecule is Cc1ccc2c3c(n(C)c2c1)CCCC3=O. The van der Waals surface area contributed by atoms with Gasteiger partial charge in [-0.05, 0) is 31.4 Å². The number of ketones is 1. The first kappa shape index (κ1) is 9.64. The van der Waals surface area contributed by atoms with Gasteiger partial charge in [-0.2, -0.15) is 0 Å². The van der Waals surface area contributed by atoms with E-state index in [1.807, 2.05) is 0 Å². The Kier molecular flexibility index (Phi) is 1.93. The number of aromatic nitrogens is 1. The van der Waals surface area contributed by atoms with Gasteiger partial charge in [-0.3, -0.25) is 4.79 Å². The predicted molar refractivity (Wildman–Crippen MR) is 64.9 cm³/mol. The molecule has 0 saturated heterocycles. The van der Waals surface area contributed by atoms with Crippen molar-refractivity contribution in [2.24, 2.45) is 7.05 Å². The quantitative estimate of drug-likeness (QED) is 0.659. The molecule has 2 aromatic rings. The summed E-state index contributed by atoms with van der Waals surface area (Å²) in [7, 11) is 2.07. The van der Waals surface area contributed by atoms with E-state index in [-0.39, 0.29) is 0 Å². The lowest BCUT2D eigenvalue weighted by Gasteiger charge is -2.11. The van der Waals surface area contributed by atoms with E-state index in [2.05, 4.69) is 36.7 Å². The van der Waals surface area contributed by atoms with Crippen LogP contribution in [0.5, 0.6) is 0 Å². The molecule has 0 N–H and O–H groups in total. The fourth-order valence-electron chi connectivity index (χ4n) is 2.74. The smallest absolute Gasteiger partial charge is 0.165 e. The number of benzene rings is 1. The fraction of sp³-hybridized carbons (Fsp3) is 0.357. The number of carbonyl (C=O) groups excluding carboxylic acids is 1. The van der Waals surface area contributed by atoms with Crippen LogP contribution in [0.25, 0.3) is 10.9 Å². The Balaban J connectivity index is 2.44. The first-order chi connectivity index (χ1) is 7.68. The molecule has 3 rings (SSSR count). The van der Waals surface area contributed by atoms with E-state index in [4.69, 9.17) is 0 Å². The lowest BCUT2D eigenvalue weighted by molar-refractivity contribution is 0.0973. The van der Waals surface area contributed by atoms with Gasteiger partial charge in [0.25, 0.3) is 0 Å². The van der Waals surface area contributed by atoms with Gasteiger partial charge in [-0.15, -0.1) is 0 Å². The molecule has 0 saturated carbocycles. The zero-order chi connectivity index (χ0) is 11.3. The van der Waals surface area contributed by atoms with E-state index in [1.54, 1.807) is 0 Å². The molecule has 1 aliphatic rings. The van der Waals surface area contributed by atoms with Crippen molar-refractivity contribution in [1.29, 1.82) is 0 Å². The van der Waals surface area contributed by atoms with Gasteiger partial charge < -0.3 is 4.57 Å². The second kappa shape index (κ2) is 3.21. The molecule has 16 heavy (non-hydrogen) atoms. The van der Waals surface area contributed by atoms with E-state index in [9.17, 15) is 4.79 Å². The third-order valence-electron chi connectivity index (χ3n) is 3.57. The number of hydrogen-bond donors (Lipinski definition) is 0. The molecule has 1 aliphatic carbocycles. The Bertz CT molecular complexity index is 592. The van der Waals surface area contributed by atoms with Gasteiger partial charge in [0.1, 0.15) is 0 Å². The average molecular weight is 213 g/mol. The lowest BCUT2D eigenvalue weighted by atomic mass is 9.94. The summed E-state index contributed by atoms with van der Waals surface area (Å²) in [5, 5.41) is 1.13. The van der Waals surface area contributed by atoms with Crippen molar-refractivity contribution in [1.82, 2.24) is 4.57 Å². The van der Waals surface area contributed by atoms with E-state index in [0.29, 0.717) is 12.2 Å². The molecule has 82 valence electrons. The van der Waals surface area contributed by atoms with Crippen molar-refractivity contribution >= 4 is 16.7 Å². The summed E-state index contributed by atoms with van der Waals surface area (Å²) in [6, 6.07) is 6.35. The summed E-state index contributed by atoms with van der Waals surface area (Å²) in [5.41, 5.74) is 4.64. The molecule has 1 heterocycles. The summed E-state index contributed by atoms with van der Waals surface area (Å²) in [5.74, 6) is 0.315. The largest absolute Gasteiger partial charge is 0.347 e. The minimum atomic E-state index is 0.315. The molecule has 0 spiro atoms. The normalized spacial score (nSPS) is 15.5. The molecule has 2 nitrogen and oxygen atoms in total. The topological polar surface area (TPSA) is 22.0 Å². The molecule has 2 heteroatoms. The number of fused-ring (bicyclic) bond motifs is 3. The highest BCUT2D eigenvalue weighted by Gasteiger charge is 2.24. The second-order valence-corrected chi connectivity index (χ2v) is 4.68. The Morgan fingerprint density at radius 2 is 2.06 bits per heavy atom. The Morgan fingerprint density at radius 3 is 2.88 bits per heavy atom. The van der Waals surface area contributed by atoms with Crippen LogP contribution in [0, 0.1) is 6.92 Å². The van der Waals surface area contributed by atoms with Crippen LogP contribution in [0.15, 0.2) is 18.2 Å². The molecule has 0 radical (unpaired) electrons. The van der Waals surface area contributed by atoms with Crippen LogP contribution in [0.1, 0.15) is 34.5 Å². The number of Topliss-reactive ketones (excluding diaryl/α,β-unsaturated/α-hetero) is 1. The third kappa shape index (κ3) is 1.16. The highest BCUT2D eigenvalue weighted by Crippen LogP contribution is 2.31. The van der Waals surface area contributed by atoms with Gasteiger partial charge in [-0.1, -0.05) is 12.1 Å². The zero-order valence-corrected chi connectivity index (χ0v) is 9.71. The van der Waals surface area contributed by atoms with Crippen molar-refractivity contribution in [2.75, 3.05) is 0 Å². The van der Waals surface area contributed by atoms with Gasteiger partial charge in [-0.25, -0.2) is 0 Å². The van der Waals surface area contributed by atoms with Crippen LogP contribution >= 0.6 is 0 Å². The van der Waals surface area contributed by atoms with Crippen LogP contribution in [0.3, 0.4) is 0 Å². The average Bonchev–Trinajstić information content (AvgIpc) is 2.55. The molecule has 0 fully saturated rings. The first-order valence-electron chi connectivity index (χ1n) is 5.79. The molecule has 1 aromatic heterocycles. The Labute approximate surface area is 94.9 Å². The van der Waals surface area contributed by atoms with Gasteiger partial charge in [0, 0.05) is 35.6 Å². The monoisotopic (exact) mass is 213 g/mol. The summed E-state index contributed by atoms with van der Waals surface area (Å²) >= 11 is 0. The fourth-order valence-corrected chi connectivity index (χ4v) is 2.74. The molecule has 1 aromatic carbocycles. The molecule has 0 bridgehead atoms. The van der Waals surface area contributed by atoms with Crippen molar-refractivity contribution in [3.63, 3.8) is 0 Å². The maximum atomic E-state index is 12.0. The van der Waals surface area contributed by atoms with Crippen molar-refractivity contribution in [3.05, 3.63) is 35.0 Å². The number of carbonyl (C=O) groups is 1. The van der Waals surface area contributed by atoms with Crippen LogP contribution < -0.4 is 0 Å². The number of nitrogens with zero attached hydrogens (tertiary/aromatic N) is 1. The lowest BCUT2D eigenvalue weighted by Crippen LogP contribution is -2.11. The van der Waals surface area contributed by atoms with E-state index in [0.717, 1.165) is 23.8 Å². The zero-order valence-electron chi connectivity index (χ0n) is 9.71. The van der Waals surface area contributed by atoms with E-state index >= 15 is 0 Å². The maximum Gasteiger partial charge on any atom is 0.165 e. The summed E-state index contributed by atoms with van der Waals surface area (Å²) in [6.07, 6.45) is 2.74. The van der Waals surface area contributed by atoms with Crippen molar-refractivity contribution < 1.29 is 4.79 Å². The van der Waals surface area contributed by atoms with Crippen LogP contribution in [-0.2, 0) is 13.5 Å². The molecule has 0 unspecified atom stereocenters. The standard InChI is InChI=1S/C14H15NO/c1-9-6-7-10-12(8-9)15(2)11-4-3-5-13(16)14(10)11/h6-8H,3-5H2,1-2H3. The Morgan fingerprint density at radius 1 is 1.25 bits per heavy atom.